The van der Waals surface area contributed by atoms with Gasteiger partial charge in [-0.3, -0.25) is 9.63 Å². The fraction of sp³-hybridized carbons (Fsp3) is 0.500. The molecule has 20 heavy (non-hydrogen) atoms. The SMILES string of the molecule is CCSc1cc(C(C)(C)C#N)cnc1C(=O)N(C)OC. The highest BCUT2D eigenvalue weighted by atomic mass is 32.2. The molecule has 5 nitrogen and oxygen atoms in total. The maximum absolute atomic E-state index is 12.2. The molecule has 1 aromatic heterocycles. The van der Waals surface area contributed by atoms with Crippen LogP contribution in [-0.2, 0) is 10.3 Å². The number of nitrogens with zero attached hydrogens (tertiary/aromatic N) is 3. The molecule has 1 heterocycles. The molecule has 0 saturated carbocycles. The summed E-state index contributed by atoms with van der Waals surface area (Å²) in [4.78, 5) is 22.1. The van der Waals surface area contributed by atoms with Crippen molar-refractivity contribution in [1.29, 1.82) is 5.26 Å². The quantitative estimate of drug-likeness (QED) is 0.616. The zero-order valence-electron chi connectivity index (χ0n) is 12.4. The molecular weight excluding hydrogens is 274 g/mol. The molecule has 0 unspecified atom stereocenters. The van der Waals surface area contributed by atoms with Crippen LogP contribution >= 0.6 is 11.8 Å². The Kier molecular flexibility index (Phi) is 5.54. The van der Waals surface area contributed by atoms with E-state index in [4.69, 9.17) is 4.84 Å². The molecule has 1 aromatic rings. The summed E-state index contributed by atoms with van der Waals surface area (Å²) >= 11 is 1.52. The summed E-state index contributed by atoms with van der Waals surface area (Å²) in [6.45, 7) is 5.65. The lowest BCUT2D eigenvalue weighted by molar-refractivity contribution is -0.0762. The Morgan fingerprint density at radius 3 is 2.75 bits per heavy atom. The van der Waals surface area contributed by atoms with Gasteiger partial charge in [0.1, 0.15) is 5.69 Å². The van der Waals surface area contributed by atoms with Gasteiger partial charge in [0.25, 0.3) is 5.91 Å². The van der Waals surface area contributed by atoms with Gasteiger partial charge in [-0.15, -0.1) is 11.8 Å². The Labute approximate surface area is 123 Å². The number of hydrogen-bond acceptors (Lipinski definition) is 5. The first-order valence-electron chi connectivity index (χ1n) is 6.24. The fourth-order valence-electron chi connectivity index (χ4n) is 1.51. The van der Waals surface area contributed by atoms with Crippen molar-refractivity contribution in [2.24, 2.45) is 0 Å². The van der Waals surface area contributed by atoms with Gasteiger partial charge in [0.05, 0.1) is 18.6 Å². The third-order valence-corrected chi connectivity index (χ3v) is 3.83. The number of hydrogen-bond donors (Lipinski definition) is 0. The maximum Gasteiger partial charge on any atom is 0.296 e. The van der Waals surface area contributed by atoms with E-state index in [-0.39, 0.29) is 5.91 Å². The van der Waals surface area contributed by atoms with E-state index in [9.17, 15) is 10.1 Å². The Morgan fingerprint density at radius 2 is 2.25 bits per heavy atom. The van der Waals surface area contributed by atoms with E-state index in [0.29, 0.717) is 5.69 Å². The molecule has 1 amide bonds. The van der Waals surface area contributed by atoms with Crippen molar-refractivity contribution in [3.8, 4) is 6.07 Å². The maximum atomic E-state index is 12.2. The minimum Gasteiger partial charge on any atom is -0.274 e. The van der Waals surface area contributed by atoms with Gasteiger partial charge in [0.2, 0.25) is 0 Å². The average Bonchev–Trinajstić information content (AvgIpc) is 2.45. The van der Waals surface area contributed by atoms with Crippen LogP contribution in [0.25, 0.3) is 0 Å². The van der Waals surface area contributed by atoms with E-state index in [0.717, 1.165) is 21.3 Å². The summed E-state index contributed by atoms with van der Waals surface area (Å²) in [6.07, 6.45) is 1.58. The van der Waals surface area contributed by atoms with E-state index in [1.54, 1.807) is 6.20 Å². The minimum absolute atomic E-state index is 0.301. The summed E-state index contributed by atoms with van der Waals surface area (Å²) < 4.78 is 0. The highest BCUT2D eigenvalue weighted by molar-refractivity contribution is 7.99. The zero-order valence-corrected chi connectivity index (χ0v) is 13.2. The molecule has 0 bridgehead atoms. The van der Waals surface area contributed by atoms with E-state index in [1.807, 2.05) is 26.8 Å². The second-order valence-electron chi connectivity index (χ2n) is 4.73. The van der Waals surface area contributed by atoms with Crippen molar-refractivity contribution in [1.82, 2.24) is 10.0 Å². The number of thioether (sulfide) groups is 1. The van der Waals surface area contributed by atoms with Crippen LogP contribution in [0.5, 0.6) is 0 Å². The van der Waals surface area contributed by atoms with Crippen molar-refractivity contribution in [3.05, 3.63) is 23.5 Å². The number of carbonyl (C=O) groups excluding carboxylic acids is 1. The monoisotopic (exact) mass is 293 g/mol. The molecule has 0 aliphatic carbocycles. The summed E-state index contributed by atoms with van der Waals surface area (Å²) in [5.41, 5.74) is 0.511. The second kappa shape index (κ2) is 6.73. The van der Waals surface area contributed by atoms with E-state index < -0.39 is 5.41 Å². The summed E-state index contributed by atoms with van der Waals surface area (Å²) in [5, 5.41) is 10.3. The predicted octanol–water partition coefficient (Wildman–Crippen LogP) is 2.63. The molecule has 6 heteroatoms. The molecular formula is C14H19N3O2S. The van der Waals surface area contributed by atoms with Gasteiger partial charge in [-0.05, 0) is 31.2 Å². The predicted molar refractivity (Wildman–Crippen MR) is 78.4 cm³/mol. The van der Waals surface area contributed by atoms with Crippen LogP contribution in [0.1, 0.15) is 36.8 Å². The smallest absolute Gasteiger partial charge is 0.274 e. The Morgan fingerprint density at radius 1 is 1.60 bits per heavy atom. The molecule has 0 aromatic carbocycles. The number of pyridine rings is 1. The van der Waals surface area contributed by atoms with Crippen molar-refractivity contribution >= 4 is 17.7 Å². The first kappa shape index (κ1) is 16.5. The molecule has 0 atom stereocenters. The van der Waals surface area contributed by atoms with Crippen LogP contribution in [0.15, 0.2) is 17.2 Å². The molecule has 1 rings (SSSR count). The normalized spacial score (nSPS) is 11.0. The highest BCUT2D eigenvalue weighted by Crippen LogP contribution is 2.29. The first-order chi connectivity index (χ1) is 9.37. The topological polar surface area (TPSA) is 66.2 Å². The van der Waals surface area contributed by atoms with Crippen molar-refractivity contribution in [2.75, 3.05) is 19.9 Å². The molecule has 0 spiro atoms. The third-order valence-electron chi connectivity index (χ3n) is 2.92. The van der Waals surface area contributed by atoms with E-state index >= 15 is 0 Å². The number of aromatic nitrogens is 1. The van der Waals surface area contributed by atoms with Crippen LogP contribution in [-0.4, -0.2) is 35.9 Å². The molecule has 0 N–H and O–H groups in total. The van der Waals surface area contributed by atoms with Gasteiger partial charge >= 0.3 is 0 Å². The first-order valence-corrected chi connectivity index (χ1v) is 7.22. The molecule has 0 aliphatic rings. The number of amides is 1. The van der Waals surface area contributed by atoms with Crippen molar-refractivity contribution in [3.63, 3.8) is 0 Å². The zero-order chi connectivity index (χ0) is 15.3. The Bertz CT molecular complexity index is 538. The van der Waals surface area contributed by atoms with Crippen LogP contribution < -0.4 is 0 Å². The van der Waals surface area contributed by atoms with Crippen LogP contribution in [0.3, 0.4) is 0 Å². The second-order valence-corrected chi connectivity index (χ2v) is 6.03. The van der Waals surface area contributed by atoms with Crippen LogP contribution in [0, 0.1) is 11.3 Å². The van der Waals surface area contributed by atoms with Crippen molar-refractivity contribution < 1.29 is 9.63 Å². The lowest BCUT2D eigenvalue weighted by Gasteiger charge is -2.19. The number of carbonyl (C=O) groups is 1. The number of nitriles is 1. The molecule has 108 valence electrons. The fourth-order valence-corrected chi connectivity index (χ4v) is 2.31. The molecule has 0 radical (unpaired) electrons. The third kappa shape index (κ3) is 3.50. The van der Waals surface area contributed by atoms with Crippen molar-refractivity contribution in [2.45, 2.75) is 31.1 Å². The van der Waals surface area contributed by atoms with E-state index in [1.165, 1.54) is 25.9 Å². The van der Waals surface area contributed by atoms with Gasteiger partial charge in [0, 0.05) is 18.1 Å². The molecule has 0 aliphatic heterocycles. The molecule has 0 saturated heterocycles. The summed E-state index contributed by atoms with van der Waals surface area (Å²) in [6, 6.07) is 4.10. The Hall–Kier alpha value is -1.58. The van der Waals surface area contributed by atoms with Gasteiger partial charge in [0.15, 0.2) is 0 Å². The van der Waals surface area contributed by atoms with E-state index in [2.05, 4.69) is 11.1 Å². The van der Waals surface area contributed by atoms with Crippen LogP contribution in [0.4, 0.5) is 0 Å². The van der Waals surface area contributed by atoms with Crippen LogP contribution in [0.2, 0.25) is 0 Å². The lowest BCUT2D eigenvalue weighted by atomic mass is 9.87. The number of hydroxylamine groups is 2. The summed E-state index contributed by atoms with van der Waals surface area (Å²) in [5.74, 6) is 0.513. The lowest BCUT2D eigenvalue weighted by Crippen LogP contribution is -2.27. The number of rotatable bonds is 5. The minimum atomic E-state index is -0.634. The van der Waals surface area contributed by atoms with Gasteiger partial charge < -0.3 is 0 Å². The highest BCUT2D eigenvalue weighted by Gasteiger charge is 2.24. The molecule has 0 fully saturated rings. The van der Waals surface area contributed by atoms with Gasteiger partial charge in [-0.1, -0.05) is 6.92 Å². The standard InChI is InChI=1S/C14H19N3O2S/c1-6-20-11-7-10(14(2,3)9-15)8-16-12(11)13(18)17(4)19-5/h7-8H,6H2,1-5H3. The Balaban J connectivity index is 3.28. The average molecular weight is 293 g/mol. The largest absolute Gasteiger partial charge is 0.296 e. The van der Waals surface area contributed by atoms with Gasteiger partial charge in [-0.2, -0.15) is 5.26 Å². The van der Waals surface area contributed by atoms with Gasteiger partial charge in [-0.25, -0.2) is 10.0 Å². The summed E-state index contributed by atoms with van der Waals surface area (Å²) in [7, 11) is 2.97.